The molecule has 0 rings (SSSR count). The quantitative estimate of drug-likeness (QED) is 0.483. The van der Waals surface area contributed by atoms with Gasteiger partial charge in [-0.15, -0.1) is 0 Å². The van der Waals surface area contributed by atoms with Gasteiger partial charge in [0, 0.05) is 0 Å². The third kappa shape index (κ3) is 7.34. The standard InChI is InChI=1S/C10H19N/c1-9(2)8-10(3)6-5-7-11-4/h6,8,11H,5,7H2,1-4H3. The molecule has 0 bridgehead atoms. The summed E-state index contributed by atoms with van der Waals surface area (Å²) in [5, 5.41) is 3.11. The molecule has 0 unspecified atom stereocenters. The fraction of sp³-hybridized carbons (Fsp3) is 0.600. The van der Waals surface area contributed by atoms with Crippen molar-refractivity contribution < 1.29 is 0 Å². The Morgan fingerprint density at radius 3 is 2.36 bits per heavy atom. The molecule has 0 aliphatic rings. The van der Waals surface area contributed by atoms with Crippen molar-refractivity contribution in [3.63, 3.8) is 0 Å². The summed E-state index contributed by atoms with van der Waals surface area (Å²) in [6, 6.07) is 0. The van der Waals surface area contributed by atoms with E-state index < -0.39 is 0 Å². The van der Waals surface area contributed by atoms with Crippen molar-refractivity contribution >= 4 is 0 Å². The molecule has 0 aromatic carbocycles. The Bertz CT molecular complexity index is 150. The fourth-order valence-corrected chi connectivity index (χ4v) is 0.958. The minimum atomic E-state index is 1.06. The van der Waals surface area contributed by atoms with Crippen LogP contribution in [-0.4, -0.2) is 13.6 Å². The van der Waals surface area contributed by atoms with Crippen LogP contribution in [0.3, 0.4) is 0 Å². The van der Waals surface area contributed by atoms with E-state index >= 15 is 0 Å². The predicted molar refractivity (Wildman–Crippen MR) is 51.7 cm³/mol. The van der Waals surface area contributed by atoms with Crippen LogP contribution in [-0.2, 0) is 0 Å². The number of rotatable bonds is 4. The van der Waals surface area contributed by atoms with E-state index in [9.17, 15) is 0 Å². The molecule has 0 saturated carbocycles. The van der Waals surface area contributed by atoms with Crippen molar-refractivity contribution in [1.29, 1.82) is 0 Å². The highest BCUT2D eigenvalue weighted by Crippen LogP contribution is 2.01. The van der Waals surface area contributed by atoms with Gasteiger partial charge in [-0.1, -0.05) is 23.3 Å². The third-order valence-electron chi connectivity index (χ3n) is 1.38. The van der Waals surface area contributed by atoms with Crippen molar-refractivity contribution in [1.82, 2.24) is 5.32 Å². The molecule has 0 aliphatic heterocycles. The summed E-state index contributed by atoms with van der Waals surface area (Å²) in [6.07, 6.45) is 5.57. The minimum Gasteiger partial charge on any atom is -0.319 e. The van der Waals surface area contributed by atoms with E-state index in [1.54, 1.807) is 0 Å². The van der Waals surface area contributed by atoms with Gasteiger partial charge in [-0.2, -0.15) is 0 Å². The van der Waals surface area contributed by atoms with Gasteiger partial charge in [-0.05, 0) is 40.8 Å². The first-order valence-electron chi connectivity index (χ1n) is 4.13. The molecule has 0 heterocycles. The summed E-state index contributed by atoms with van der Waals surface area (Å²) in [6.45, 7) is 7.45. The lowest BCUT2D eigenvalue weighted by Gasteiger charge is -1.95. The van der Waals surface area contributed by atoms with Crippen LogP contribution in [0.15, 0.2) is 23.3 Å². The molecule has 0 atom stereocenters. The summed E-state index contributed by atoms with van der Waals surface area (Å²) in [7, 11) is 1.98. The maximum atomic E-state index is 3.11. The van der Waals surface area contributed by atoms with Gasteiger partial charge in [0.05, 0.1) is 0 Å². The van der Waals surface area contributed by atoms with Gasteiger partial charge in [0.15, 0.2) is 0 Å². The molecule has 0 radical (unpaired) electrons. The van der Waals surface area contributed by atoms with Gasteiger partial charge in [-0.25, -0.2) is 0 Å². The van der Waals surface area contributed by atoms with E-state index in [-0.39, 0.29) is 0 Å². The second-order valence-electron chi connectivity index (χ2n) is 3.06. The largest absolute Gasteiger partial charge is 0.319 e. The molecule has 0 fully saturated rings. The average Bonchev–Trinajstić information content (AvgIpc) is 1.86. The van der Waals surface area contributed by atoms with Crippen molar-refractivity contribution in [2.24, 2.45) is 0 Å². The van der Waals surface area contributed by atoms with Gasteiger partial charge in [0.1, 0.15) is 0 Å². The van der Waals surface area contributed by atoms with E-state index in [1.165, 1.54) is 11.1 Å². The van der Waals surface area contributed by atoms with E-state index in [4.69, 9.17) is 0 Å². The average molecular weight is 153 g/mol. The second-order valence-corrected chi connectivity index (χ2v) is 3.06. The van der Waals surface area contributed by atoms with Crippen molar-refractivity contribution in [3.8, 4) is 0 Å². The third-order valence-corrected chi connectivity index (χ3v) is 1.38. The molecule has 1 N–H and O–H groups in total. The number of hydrogen-bond donors (Lipinski definition) is 1. The zero-order valence-corrected chi connectivity index (χ0v) is 8.07. The summed E-state index contributed by atoms with van der Waals surface area (Å²) in [4.78, 5) is 0. The van der Waals surface area contributed by atoms with Crippen LogP contribution in [0.1, 0.15) is 27.2 Å². The highest BCUT2D eigenvalue weighted by molar-refractivity contribution is 5.19. The Morgan fingerprint density at radius 2 is 1.91 bits per heavy atom. The molecular weight excluding hydrogens is 134 g/mol. The second kappa shape index (κ2) is 6.17. The molecule has 0 spiro atoms. The smallest absolute Gasteiger partial charge is 0.00171 e. The maximum absolute atomic E-state index is 3.11. The molecule has 0 aromatic heterocycles. The lowest BCUT2D eigenvalue weighted by molar-refractivity contribution is 0.805. The lowest BCUT2D eigenvalue weighted by Crippen LogP contribution is -2.05. The molecule has 1 heteroatoms. The number of nitrogens with one attached hydrogen (secondary N) is 1. The Morgan fingerprint density at radius 1 is 1.27 bits per heavy atom. The first-order chi connectivity index (χ1) is 5.16. The first kappa shape index (κ1) is 10.4. The molecule has 64 valence electrons. The molecule has 0 amide bonds. The van der Waals surface area contributed by atoms with Crippen molar-refractivity contribution in [2.75, 3.05) is 13.6 Å². The van der Waals surface area contributed by atoms with Gasteiger partial charge in [-0.3, -0.25) is 0 Å². The molecule has 0 aliphatic carbocycles. The summed E-state index contributed by atoms with van der Waals surface area (Å²) in [5.74, 6) is 0. The van der Waals surface area contributed by atoms with Crippen LogP contribution in [0.2, 0.25) is 0 Å². The van der Waals surface area contributed by atoms with Gasteiger partial charge in [0.25, 0.3) is 0 Å². The van der Waals surface area contributed by atoms with Crippen molar-refractivity contribution in [3.05, 3.63) is 23.3 Å². The normalized spacial score (nSPS) is 11.5. The Labute approximate surface area is 70.2 Å². The van der Waals surface area contributed by atoms with Gasteiger partial charge in [0.2, 0.25) is 0 Å². The molecule has 11 heavy (non-hydrogen) atoms. The van der Waals surface area contributed by atoms with Crippen LogP contribution < -0.4 is 5.32 Å². The van der Waals surface area contributed by atoms with Crippen LogP contribution in [0, 0.1) is 0 Å². The van der Waals surface area contributed by atoms with Crippen LogP contribution in [0.25, 0.3) is 0 Å². The highest BCUT2D eigenvalue weighted by atomic mass is 14.8. The first-order valence-corrected chi connectivity index (χ1v) is 4.13. The monoisotopic (exact) mass is 153 g/mol. The van der Waals surface area contributed by atoms with Crippen LogP contribution >= 0.6 is 0 Å². The van der Waals surface area contributed by atoms with Crippen LogP contribution in [0.5, 0.6) is 0 Å². The summed E-state index contributed by atoms with van der Waals surface area (Å²) in [5.41, 5.74) is 2.73. The molecule has 0 aromatic rings. The van der Waals surface area contributed by atoms with Gasteiger partial charge >= 0.3 is 0 Å². The van der Waals surface area contributed by atoms with Crippen molar-refractivity contribution in [2.45, 2.75) is 27.2 Å². The molecular formula is C10H19N. The highest BCUT2D eigenvalue weighted by Gasteiger charge is 1.83. The zero-order valence-electron chi connectivity index (χ0n) is 8.07. The molecule has 0 saturated heterocycles. The zero-order chi connectivity index (χ0) is 8.69. The van der Waals surface area contributed by atoms with Crippen LogP contribution in [0.4, 0.5) is 0 Å². The topological polar surface area (TPSA) is 12.0 Å². The maximum Gasteiger partial charge on any atom is -0.00171 e. The number of allylic oxidation sites excluding steroid dienone is 3. The Kier molecular flexibility index (Phi) is 5.86. The van der Waals surface area contributed by atoms with Gasteiger partial charge < -0.3 is 5.32 Å². The summed E-state index contributed by atoms with van der Waals surface area (Å²) >= 11 is 0. The van der Waals surface area contributed by atoms with E-state index in [2.05, 4.69) is 38.2 Å². The minimum absolute atomic E-state index is 1.06. The van der Waals surface area contributed by atoms with E-state index in [0.717, 1.165) is 13.0 Å². The van der Waals surface area contributed by atoms with E-state index in [0.29, 0.717) is 0 Å². The Balaban J connectivity index is 3.72. The van der Waals surface area contributed by atoms with E-state index in [1.807, 2.05) is 7.05 Å². The SMILES string of the molecule is CNCCC=C(C)C=C(C)C. The summed E-state index contributed by atoms with van der Waals surface area (Å²) < 4.78 is 0. The Hall–Kier alpha value is -0.560. The molecule has 1 nitrogen and oxygen atoms in total. The number of hydrogen-bond acceptors (Lipinski definition) is 1. The fourth-order valence-electron chi connectivity index (χ4n) is 0.958. The predicted octanol–water partition coefficient (Wildman–Crippen LogP) is 2.51. The lowest BCUT2D eigenvalue weighted by atomic mass is 10.2.